The van der Waals surface area contributed by atoms with Crippen LogP contribution in [0.15, 0.2) is 35.9 Å². The second kappa shape index (κ2) is 11.0. The van der Waals surface area contributed by atoms with Gasteiger partial charge in [0.25, 0.3) is 0 Å². The van der Waals surface area contributed by atoms with E-state index in [2.05, 4.69) is 26.0 Å². The summed E-state index contributed by atoms with van der Waals surface area (Å²) in [5, 5.41) is 10.8. The molecule has 1 heterocycles. The molecule has 2 fully saturated rings. The van der Waals surface area contributed by atoms with Crippen LogP contribution in [-0.4, -0.2) is 53.6 Å². The van der Waals surface area contributed by atoms with E-state index < -0.39 is 29.5 Å². The van der Waals surface area contributed by atoms with Crippen molar-refractivity contribution in [2.45, 2.75) is 81.2 Å². The number of alkyl halides is 1. The molecule has 2 aliphatic rings. The Morgan fingerprint density at radius 3 is 2.67 bits per heavy atom. The number of methoxy groups -OCH3 is 1. The van der Waals surface area contributed by atoms with E-state index >= 15 is 0 Å². The number of benzene rings is 1. The molecule has 1 amide bonds. The van der Waals surface area contributed by atoms with Gasteiger partial charge in [0.05, 0.1) is 24.2 Å². The minimum Gasteiger partial charge on any atom is -0.442 e. The van der Waals surface area contributed by atoms with Gasteiger partial charge in [-0.2, -0.15) is 11.8 Å². The number of aliphatic hydroxyl groups excluding tert-OH is 1. The van der Waals surface area contributed by atoms with Gasteiger partial charge < -0.3 is 25.1 Å². The molecule has 0 bridgehead atoms. The number of hydrogen-bond acceptors (Lipinski definition) is 6. The van der Waals surface area contributed by atoms with Crippen LogP contribution in [0.1, 0.15) is 51.2 Å². The predicted octanol–water partition coefficient (Wildman–Crippen LogP) is 4.79. The highest BCUT2D eigenvalue weighted by Crippen LogP contribution is 2.56. The van der Waals surface area contributed by atoms with Crippen LogP contribution in [0, 0.1) is 5.92 Å². The van der Waals surface area contributed by atoms with Gasteiger partial charge in [-0.05, 0) is 51.2 Å². The van der Waals surface area contributed by atoms with Gasteiger partial charge in [0.2, 0.25) is 0 Å². The number of halogens is 1. The number of primary amides is 1. The maximum absolute atomic E-state index is 12.1. The van der Waals surface area contributed by atoms with Gasteiger partial charge in [-0.3, -0.25) is 0 Å². The molecule has 0 spiro atoms. The summed E-state index contributed by atoms with van der Waals surface area (Å²) in [5.41, 5.74) is 7.51. The molecule has 3 N–H and O–H groups in total. The van der Waals surface area contributed by atoms with E-state index in [1.807, 2.05) is 25.1 Å². The van der Waals surface area contributed by atoms with Crippen molar-refractivity contribution in [1.29, 1.82) is 0 Å². The Balaban J connectivity index is 1.89. The average Bonchev–Trinajstić information content (AvgIpc) is 3.44. The Morgan fingerprint density at radius 1 is 1.36 bits per heavy atom. The zero-order chi connectivity index (χ0) is 24.2. The van der Waals surface area contributed by atoms with Crippen LogP contribution in [0.2, 0.25) is 0 Å². The Kier molecular flexibility index (Phi) is 8.78. The van der Waals surface area contributed by atoms with Crippen LogP contribution in [0.25, 0.3) is 0 Å². The second-order valence-electron chi connectivity index (χ2n) is 9.47. The maximum Gasteiger partial charge on any atom is 0.405 e. The molecule has 8 heteroatoms. The average molecular weight is 498 g/mol. The van der Waals surface area contributed by atoms with Crippen LogP contribution in [-0.2, 0) is 25.8 Å². The fraction of sp³-hybridized carbons (Fsp3) is 0.640. The van der Waals surface area contributed by atoms with Crippen molar-refractivity contribution in [1.82, 2.24) is 0 Å². The third-order valence-electron chi connectivity index (χ3n) is 6.92. The third kappa shape index (κ3) is 5.88. The van der Waals surface area contributed by atoms with Gasteiger partial charge in [0.15, 0.2) is 0 Å². The zero-order valence-corrected chi connectivity index (χ0v) is 21.5. The monoisotopic (exact) mass is 497 g/mol. The summed E-state index contributed by atoms with van der Waals surface area (Å²) in [5.74, 6) is 1.31. The minimum atomic E-state index is -0.916. The van der Waals surface area contributed by atoms with E-state index in [9.17, 15) is 9.90 Å². The summed E-state index contributed by atoms with van der Waals surface area (Å²) < 4.78 is 17.9. The van der Waals surface area contributed by atoms with Crippen molar-refractivity contribution in [3.8, 4) is 0 Å². The molecule has 3 rings (SSSR count). The number of aliphatic hydroxyl groups is 1. The lowest BCUT2D eigenvalue weighted by Crippen LogP contribution is -2.62. The second-order valence-corrected chi connectivity index (χ2v) is 10.7. The number of epoxide rings is 1. The van der Waals surface area contributed by atoms with Crippen molar-refractivity contribution in [3.05, 3.63) is 47.0 Å². The zero-order valence-electron chi connectivity index (χ0n) is 19.9. The molecule has 1 aliphatic carbocycles. The quantitative estimate of drug-likeness (QED) is 0.274. The molecule has 1 saturated carbocycles. The van der Waals surface area contributed by atoms with Crippen molar-refractivity contribution in [2.75, 3.05) is 12.9 Å². The highest BCUT2D eigenvalue weighted by atomic mass is 35.5. The van der Waals surface area contributed by atoms with Gasteiger partial charge >= 0.3 is 6.09 Å². The number of ether oxygens (including phenoxy) is 3. The van der Waals surface area contributed by atoms with Crippen molar-refractivity contribution in [3.63, 3.8) is 0 Å². The molecule has 6 unspecified atom stereocenters. The molecule has 1 aromatic carbocycles. The van der Waals surface area contributed by atoms with Crippen molar-refractivity contribution < 1.29 is 24.1 Å². The van der Waals surface area contributed by atoms with E-state index in [1.54, 1.807) is 18.9 Å². The normalized spacial score (nSPS) is 33.4. The first-order chi connectivity index (χ1) is 15.7. The highest BCUT2D eigenvalue weighted by Gasteiger charge is 2.68. The summed E-state index contributed by atoms with van der Waals surface area (Å²) in [6.45, 7) is 6.13. The minimum absolute atomic E-state index is 0.0434. The van der Waals surface area contributed by atoms with Crippen LogP contribution >= 0.6 is 23.4 Å². The molecule has 184 valence electrons. The number of carbonyl (C=O) groups is 1. The third-order valence-corrected chi connectivity index (χ3v) is 8.41. The summed E-state index contributed by atoms with van der Waals surface area (Å²) in [7, 11) is 1.59. The molecule has 1 saturated heterocycles. The molecule has 6 nitrogen and oxygen atoms in total. The first kappa shape index (κ1) is 26.4. The Morgan fingerprint density at radius 2 is 2.06 bits per heavy atom. The Bertz CT molecular complexity index is 863. The largest absolute Gasteiger partial charge is 0.442 e. The van der Waals surface area contributed by atoms with E-state index in [1.165, 1.54) is 5.57 Å². The lowest BCUT2D eigenvalue weighted by Gasteiger charge is -2.50. The Labute approximate surface area is 206 Å². The molecule has 0 aromatic heterocycles. The van der Waals surface area contributed by atoms with Crippen LogP contribution < -0.4 is 5.73 Å². The first-order valence-corrected chi connectivity index (χ1v) is 13.1. The Hall–Kier alpha value is -1.25. The summed E-state index contributed by atoms with van der Waals surface area (Å²) >= 11 is 7.78. The van der Waals surface area contributed by atoms with E-state index in [0.29, 0.717) is 24.5 Å². The van der Waals surface area contributed by atoms with Crippen molar-refractivity contribution in [2.24, 2.45) is 11.7 Å². The van der Waals surface area contributed by atoms with E-state index in [4.69, 9.17) is 31.5 Å². The van der Waals surface area contributed by atoms with Crippen LogP contribution in [0.3, 0.4) is 0 Å². The number of thioether (sulfide) groups is 1. The number of nitrogens with two attached hydrogens (primary N) is 1. The molecular weight excluding hydrogens is 462 g/mol. The lowest BCUT2D eigenvalue weighted by molar-refractivity contribution is -0.169. The molecule has 0 radical (unpaired) electrons. The van der Waals surface area contributed by atoms with Crippen LogP contribution in [0.4, 0.5) is 4.79 Å². The van der Waals surface area contributed by atoms with Crippen molar-refractivity contribution >= 4 is 29.5 Å². The number of hydrogen-bond donors (Lipinski definition) is 2. The maximum atomic E-state index is 12.1. The SMILES string of the molecule is COC1C(O)CCC(CSCc2ccccc2CCl)(OC(N)=O)C1C1(C)OC1CC=C(C)C. The number of amides is 1. The smallest absolute Gasteiger partial charge is 0.405 e. The standard InChI is InChI=1S/C25H36ClNO5S/c1-16(2)9-10-20-24(3,31-20)22-21(30-4)19(28)11-12-25(22,32-23(27)29)15-33-14-18-8-6-5-7-17(18)13-26/h5-9,19-22,28H,10-15H2,1-4H3,(H2,27,29). The number of allylic oxidation sites excluding steroid dienone is 1. The molecule has 6 atom stereocenters. The fourth-order valence-corrected chi connectivity index (χ4v) is 6.81. The predicted molar refractivity (Wildman–Crippen MR) is 132 cm³/mol. The summed E-state index contributed by atoms with van der Waals surface area (Å²) in [6.07, 6.45) is 1.77. The van der Waals surface area contributed by atoms with Gasteiger partial charge in [0.1, 0.15) is 11.2 Å². The molecule has 33 heavy (non-hydrogen) atoms. The molecular formula is C25H36ClNO5S. The van der Waals surface area contributed by atoms with E-state index in [-0.39, 0.29) is 12.0 Å². The molecule has 1 aromatic rings. The topological polar surface area (TPSA) is 94.3 Å². The van der Waals surface area contributed by atoms with Gasteiger partial charge in [0, 0.05) is 24.5 Å². The number of rotatable bonds is 10. The van der Waals surface area contributed by atoms with Crippen LogP contribution in [0.5, 0.6) is 0 Å². The summed E-state index contributed by atoms with van der Waals surface area (Å²) in [4.78, 5) is 12.1. The van der Waals surface area contributed by atoms with Gasteiger partial charge in [-0.1, -0.05) is 35.9 Å². The van der Waals surface area contributed by atoms with Gasteiger partial charge in [-0.25, -0.2) is 4.79 Å². The van der Waals surface area contributed by atoms with E-state index in [0.717, 1.165) is 23.3 Å². The summed E-state index contributed by atoms with van der Waals surface area (Å²) in [6, 6.07) is 8.05. The highest BCUT2D eigenvalue weighted by molar-refractivity contribution is 7.98. The lowest BCUT2D eigenvalue weighted by atomic mass is 9.66. The number of carbonyl (C=O) groups excluding carboxylic acids is 1. The fourth-order valence-electron chi connectivity index (χ4n) is 5.21. The molecule has 1 aliphatic heterocycles. The first-order valence-electron chi connectivity index (χ1n) is 11.4. The van der Waals surface area contributed by atoms with Gasteiger partial charge in [-0.15, -0.1) is 11.6 Å².